The van der Waals surface area contributed by atoms with Gasteiger partial charge in [0.25, 0.3) is 0 Å². The monoisotopic (exact) mass is 622 g/mol. The molecular weight excluding hydrogens is 593 g/mol. The van der Waals surface area contributed by atoms with E-state index >= 15 is 0 Å². The molecule has 0 aliphatic heterocycles. The Labute approximate surface area is 284 Å². The van der Waals surface area contributed by atoms with Gasteiger partial charge in [-0.2, -0.15) is 0 Å². The molecule has 0 saturated heterocycles. The van der Waals surface area contributed by atoms with E-state index in [0.717, 1.165) is 27.5 Å². The summed E-state index contributed by atoms with van der Waals surface area (Å²) in [6, 6.07) is 65.9. The van der Waals surface area contributed by atoms with Gasteiger partial charge in [-0.3, -0.25) is 0 Å². The molecule has 10 aromatic rings. The number of hydrogen-bond donors (Lipinski definition) is 0. The summed E-state index contributed by atoms with van der Waals surface area (Å²) in [6.07, 6.45) is 0. The Bertz CT molecular complexity index is 2870. The maximum atomic E-state index is 6.43. The van der Waals surface area contributed by atoms with Crippen molar-refractivity contribution in [1.29, 1.82) is 0 Å². The van der Waals surface area contributed by atoms with Crippen LogP contribution >= 0.6 is 0 Å². The molecule has 1 aromatic heterocycles. The first-order chi connectivity index (χ1) is 24.3. The van der Waals surface area contributed by atoms with Crippen LogP contribution in [-0.2, 0) is 0 Å². The Morgan fingerprint density at radius 1 is 0.265 bits per heavy atom. The van der Waals surface area contributed by atoms with Gasteiger partial charge in [0.15, 0.2) is 0 Å². The number of benzene rings is 9. The Balaban J connectivity index is 1.30. The lowest BCUT2D eigenvalue weighted by molar-refractivity contribution is 0.669. The summed E-state index contributed by atoms with van der Waals surface area (Å²) in [4.78, 5) is 0. The Hall–Kier alpha value is -6.44. The first kappa shape index (κ1) is 27.7. The molecule has 228 valence electrons. The molecule has 0 unspecified atom stereocenters. The summed E-state index contributed by atoms with van der Waals surface area (Å²) in [5.74, 6) is 0. The number of rotatable bonds is 4. The zero-order valence-electron chi connectivity index (χ0n) is 26.7. The molecule has 0 N–H and O–H groups in total. The topological polar surface area (TPSA) is 13.1 Å². The van der Waals surface area contributed by atoms with E-state index in [-0.39, 0.29) is 0 Å². The fourth-order valence-corrected chi connectivity index (χ4v) is 7.80. The minimum absolute atomic E-state index is 0.903. The normalized spacial score (nSPS) is 11.7. The van der Waals surface area contributed by atoms with Gasteiger partial charge in [0.2, 0.25) is 0 Å². The highest BCUT2D eigenvalue weighted by Crippen LogP contribution is 2.45. The van der Waals surface area contributed by atoms with Gasteiger partial charge in [-0.25, -0.2) is 0 Å². The summed E-state index contributed by atoms with van der Waals surface area (Å²) < 4.78 is 6.43. The van der Waals surface area contributed by atoms with E-state index in [4.69, 9.17) is 4.42 Å². The highest BCUT2D eigenvalue weighted by Gasteiger charge is 2.18. The van der Waals surface area contributed by atoms with Gasteiger partial charge in [0.05, 0.1) is 0 Å². The van der Waals surface area contributed by atoms with E-state index in [9.17, 15) is 0 Å². The molecule has 0 saturated carbocycles. The van der Waals surface area contributed by atoms with Gasteiger partial charge in [-0.1, -0.05) is 152 Å². The lowest BCUT2D eigenvalue weighted by atomic mass is 9.85. The summed E-state index contributed by atoms with van der Waals surface area (Å²) >= 11 is 0. The van der Waals surface area contributed by atoms with E-state index in [1.807, 2.05) is 6.07 Å². The van der Waals surface area contributed by atoms with Crippen molar-refractivity contribution >= 4 is 54.3 Å². The first-order valence-electron chi connectivity index (χ1n) is 16.8. The van der Waals surface area contributed by atoms with Crippen molar-refractivity contribution in [2.75, 3.05) is 0 Å². The Morgan fingerprint density at radius 2 is 0.837 bits per heavy atom. The summed E-state index contributed by atoms with van der Waals surface area (Å²) in [7, 11) is 0. The van der Waals surface area contributed by atoms with Crippen LogP contribution in [0.5, 0.6) is 0 Å². The highest BCUT2D eigenvalue weighted by atomic mass is 16.3. The zero-order chi connectivity index (χ0) is 32.3. The quantitative estimate of drug-likeness (QED) is 0.178. The molecule has 0 bridgehead atoms. The largest absolute Gasteiger partial charge is 0.456 e. The van der Waals surface area contributed by atoms with Crippen molar-refractivity contribution in [1.82, 2.24) is 0 Å². The Morgan fingerprint density at radius 3 is 1.69 bits per heavy atom. The summed E-state index contributed by atoms with van der Waals surface area (Å²) in [6.45, 7) is 0. The van der Waals surface area contributed by atoms with Crippen LogP contribution in [-0.4, -0.2) is 0 Å². The molecule has 10 rings (SSSR count). The van der Waals surface area contributed by atoms with Crippen molar-refractivity contribution < 1.29 is 4.42 Å². The molecule has 0 amide bonds. The van der Waals surface area contributed by atoms with Crippen LogP contribution in [0.4, 0.5) is 0 Å². The average Bonchev–Trinajstić information content (AvgIpc) is 3.54. The van der Waals surface area contributed by atoms with E-state index in [1.165, 1.54) is 71.3 Å². The maximum Gasteiger partial charge on any atom is 0.136 e. The molecule has 0 spiro atoms. The van der Waals surface area contributed by atoms with Crippen molar-refractivity contribution in [3.05, 3.63) is 182 Å². The predicted molar refractivity (Wildman–Crippen MR) is 208 cm³/mol. The van der Waals surface area contributed by atoms with Crippen LogP contribution in [0.1, 0.15) is 0 Å². The van der Waals surface area contributed by atoms with Crippen LogP contribution in [0.2, 0.25) is 0 Å². The van der Waals surface area contributed by atoms with Gasteiger partial charge < -0.3 is 4.42 Å². The molecule has 0 fully saturated rings. The van der Waals surface area contributed by atoms with Crippen molar-refractivity contribution in [3.63, 3.8) is 0 Å². The van der Waals surface area contributed by atoms with Gasteiger partial charge in [0, 0.05) is 10.8 Å². The van der Waals surface area contributed by atoms with Crippen molar-refractivity contribution in [2.24, 2.45) is 0 Å². The van der Waals surface area contributed by atoms with Gasteiger partial charge in [-0.05, 0) is 107 Å². The van der Waals surface area contributed by atoms with Crippen LogP contribution < -0.4 is 0 Å². The molecule has 1 heterocycles. The zero-order valence-corrected chi connectivity index (χ0v) is 26.7. The Kier molecular flexibility index (Phi) is 6.25. The second-order valence-electron chi connectivity index (χ2n) is 12.8. The molecular formula is C48H30O. The summed E-state index contributed by atoms with van der Waals surface area (Å²) in [5, 5.41) is 9.69. The number of hydrogen-bond acceptors (Lipinski definition) is 1. The fraction of sp³-hybridized carbons (Fsp3) is 0. The lowest BCUT2D eigenvalue weighted by Crippen LogP contribution is -1.91. The number of fused-ring (bicyclic) bond motifs is 6. The third kappa shape index (κ3) is 4.47. The third-order valence-electron chi connectivity index (χ3n) is 10.1. The highest BCUT2D eigenvalue weighted by molar-refractivity contribution is 6.20. The van der Waals surface area contributed by atoms with Crippen molar-refractivity contribution in [2.45, 2.75) is 0 Å². The first-order valence-corrected chi connectivity index (χ1v) is 16.8. The molecule has 0 aliphatic rings. The SMILES string of the molecule is c1ccc(-c2cccc(-c3cccc4c(-c5ccc6c(c5)oc5ccccc56)c5cccc(-c6cccc7ccccc67)c5cc34)c2)cc1. The van der Waals surface area contributed by atoms with E-state index in [2.05, 4.69) is 176 Å². The van der Waals surface area contributed by atoms with Crippen LogP contribution in [0.15, 0.2) is 186 Å². The lowest BCUT2D eigenvalue weighted by Gasteiger charge is -2.18. The number of para-hydroxylation sites is 1. The van der Waals surface area contributed by atoms with E-state index in [1.54, 1.807) is 0 Å². The molecule has 0 aliphatic carbocycles. The molecule has 49 heavy (non-hydrogen) atoms. The van der Waals surface area contributed by atoms with Crippen LogP contribution in [0, 0.1) is 0 Å². The molecule has 1 heteroatoms. The van der Waals surface area contributed by atoms with Gasteiger partial charge in [-0.15, -0.1) is 0 Å². The summed E-state index contributed by atoms with van der Waals surface area (Å²) in [5.41, 5.74) is 11.5. The molecule has 9 aromatic carbocycles. The van der Waals surface area contributed by atoms with E-state index < -0.39 is 0 Å². The average molecular weight is 623 g/mol. The minimum atomic E-state index is 0.903. The second-order valence-corrected chi connectivity index (χ2v) is 12.8. The van der Waals surface area contributed by atoms with Crippen molar-refractivity contribution in [3.8, 4) is 44.5 Å². The van der Waals surface area contributed by atoms with Crippen LogP contribution in [0.25, 0.3) is 98.8 Å². The minimum Gasteiger partial charge on any atom is -0.456 e. The fourth-order valence-electron chi connectivity index (χ4n) is 7.80. The number of furan rings is 1. The third-order valence-corrected chi connectivity index (χ3v) is 10.1. The van der Waals surface area contributed by atoms with Gasteiger partial charge >= 0.3 is 0 Å². The molecule has 0 atom stereocenters. The van der Waals surface area contributed by atoms with Gasteiger partial charge in [0.1, 0.15) is 11.2 Å². The molecule has 1 nitrogen and oxygen atoms in total. The predicted octanol–water partition coefficient (Wildman–Crippen LogP) is 13.7. The second kappa shape index (κ2) is 11.1. The maximum absolute atomic E-state index is 6.43. The molecule has 0 radical (unpaired) electrons. The smallest absolute Gasteiger partial charge is 0.136 e. The van der Waals surface area contributed by atoms with E-state index in [0.29, 0.717) is 0 Å². The van der Waals surface area contributed by atoms with Crippen LogP contribution in [0.3, 0.4) is 0 Å². The standard InChI is InChI=1S/C48H30O/c1-2-12-31(13-3-1)33-16-8-17-34(28-33)37-20-10-23-42-44(37)30-45-39(38-21-9-15-32-14-4-5-18-36(32)38)22-11-24-43(45)48(42)35-26-27-41-40-19-6-7-25-46(40)49-47(41)29-35/h1-30H.